The molecule has 0 saturated heterocycles. The van der Waals surface area contributed by atoms with Crippen molar-refractivity contribution >= 4 is 28.4 Å². The minimum Gasteiger partial charge on any atom is -0.451 e. The van der Waals surface area contributed by atoms with Crippen molar-refractivity contribution in [1.82, 2.24) is 0 Å². The molecule has 0 aromatic heterocycles. The predicted molar refractivity (Wildman–Crippen MR) is 141 cm³/mol. The normalized spacial score (nSPS) is 17.0. The van der Waals surface area contributed by atoms with Gasteiger partial charge in [-0.25, -0.2) is 4.79 Å². The number of benzene rings is 1. The van der Waals surface area contributed by atoms with Crippen LogP contribution in [0.25, 0.3) is 0 Å². The van der Waals surface area contributed by atoms with Crippen LogP contribution in [0.15, 0.2) is 30.3 Å². The standard InChI is InChI=1S/C26H46O5Si2/c1-11-33(12-2,13-3)30-21(6)19(4)25(31-32(8,9)10)20(5)24(27)22(7)29-26(28)23-17-15-14-16-18-23/h14-22,25H,11-13H2,1-10H3/t19-,20-,21+,22-,25+/m0/s1. The Morgan fingerprint density at radius 2 is 1.36 bits per heavy atom. The van der Waals surface area contributed by atoms with E-state index in [-0.39, 0.29) is 23.9 Å². The van der Waals surface area contributed by atoms with Gasteiger partial charge in [-0.05, 0) is 63.8 Å². The Morgan fingerprint density at radius 3 is 1.82 bits per heavy atom. The van der Waals surface area contributed by atoms with Gasteiger partial charge in [0.25, 0.3) is 0 Å². The number of esters is 1. The smallest absolute Gasteiger partial charge is 0.338 e. The van der Waals surface area contributed by atoms with Gasteiger partial charge in [0, 0.05) is 17.9 Å². The second-order valence-corrected chi connectivity index (χ2v) is 19.4. The third-order valence-electron chi connectivity index (χ3n) is 6.75. The maximum Gasteiger partial charge on any atom is 0.338 e. The molecule has 0 aliphatic carbocycles. The third kappa shape index (κ3) is 8.78. The second kappa shape index (κ2) is 13.0. The first-order valence-corrected chi connectivity index (χ1v) is 18.4. The van der Waals surface area contributed by atoms with E-state index in [9.17, 15) is 9.59 Å². The summed E-state index contributed by atoms with van der Waals surface area (Å²) in [5.41, 5.74) is 0.440. The van der Waals surface area contributed by atoms with Gasteiger partial charge in [0.15, 0.2) is 28.5 Å². The maximum absolute atomic E-state index is 13.3. The number of hydrogen-bond donors (Lipinski definition) is 0. The first-order chi connectivity index (χ1) is 15.3. The van der Waals surface area contributed by atoms with E-state index in [1.165, 1.54) is 0 Å². The maximum atomic E-state index is 13.3. The highest BCUT2D eigenvalue weighted by Gasteiger charge is 2.40. The summed E-state index contributed by atoms with van der Waals surface area (Å²) in [6.07, 6.45) is -1.16. The van der Waals surface area contributed by atoms with E-state index in [0.717, 1.165) is 18.1 Å². The molecule has 0 aliphatic rings. The Hall–Kier alpha value is -1.29. The molecule has 0 unspecified atom stereocenters. The summed E-state index contributed by atoms with van der Waals surface area (Å²) in [5.74, 6) is -0.992. The molecule has 0 bridgehead atoms. The molecule has 7 heteroatoms. The summed E-state index contributed by atoms with van der Waals surface area (Å²) >= 11 is 0. The highest BCUT2D eigenvalue weighted by molar-refractivity contribution is 6.73. The first-order valence-electron chi connectivity index (χ1n) is 12.5. The van der Waals surface area contributed by atoms with Gasteiger partial charge >= 0.3 is 5.97 Å². The minimum atomic E-state index is -1.94. The molecule has 0 N–H and O–H groups in total. The quantitative estimate of drug-likeness (QED) is 0.213. The lowest BCUT2D eigenvalue weighted by Crippen LogP contribution is -2.49. The van der Waals surface area contributed by atoms with Gasteiger partial charge in [0.1, 0.15) is 0 Å². The molecule has 188 valence electrons. The number of carbonyl (C=O) groups excluding carboxylic acids is 2. The lowest BCUT2D eigenvalue weighted by molar-refractivity contribution is -0.135. The molecule has 0 spiro atoms. The van der Waals surface area contributed by atoms with Gasteiger partial charge in [-0.1, -0.05) is 52.8 Å². The fraction of sp³-hybridized carbons (Fsp3) is 0.692. The van der Waals surface area contributed by atoms with Gasteiger partial charge in [0.2, 0.25) is 0 Å². The number of ether oxygens (including phenoxy) is 1. The number of ketones is 1. The molecule has 0 heterocycles. The summed E-state index contributed by atoms with van der Waals surface area (Å²) in [5, 5.41) is 0. The third-order valence-corrected chi connectivity index (χ3v) is 12.5. The van der Waals surface area contributed by atoms with Gasteiger partial charge in [-0.15, -0.1) is 0 Å². The largest absolute Gasteiger partial charge is 0.451 e. The minimum absolute atomic E-state index is 0.0182. The van der Waals surface area contributed by atoms with E-state index in [4.69, 9.17) is 13.6 Å². The lowest BCUT2D eigenvalue weighted by atomic mass is 9.86. The van der Waals surface area contributed by atoms with E-state index in [0.29, 0.717) is 5.56 Å². The molecule has 0 radical (unpaired) electrons. The Kier molecular flexibility index (Phi) is 11.7. The van der Waals surface area contributed by atoms with E-state index in [1.807, 2.05) is 13.0 Å². The van der Waals surface area contributed by atoms with Crippen LogP contribution in [0.5, 0.6) is 0 Å². The van der Waals surface area contributed by atoms with Crippen LogP contribution in [0.3, 0.4) is 0 Å². The lowest BCUT2D eigenvalue weighted by Gasteiger charge is -2.40. The van der Waals surface area contributed by atoms with E-state index in [1.54, 1.807) is 31.2 Å². The van der Waals surface area contributed by atoms with Crippen molar-refractivity contribution in [3.05, 3.63) is 35.9 Å². The molecule has 1 rings (SSSR count). The molecule has 1 aromatic rings. The molecule has 1 aromatic carbocycles. The van der Waals surface area contributed by atoms with Crippen LogP contribution in [0.2, 0.25) is 37.8 Å². The summed E-state index contributed by atoms with van der Waals surface area (Å²) < 4.78 is 18.8. The topological polar surface area (TPSA) is 61.8 Å². The van der Waals surface area contributed by atoms with Crippen LogP contribution >= 0.6 is 0 Å². The van der Waals surface area contributed by atoms with Gasteiger partial charge in [-0.3, -0.25) is 4.79 Å². The van der Waals surface area contributed by atoms with Crippen LogP contribution in [-0.4, -0.2) is 46.7 Å². The number of hydrogen-bond acceptors (Lipinski definition) is 5. The van der Waals surface area contributed by atoms with Crippen LogP contribution < -0.4 is 0 Å². The number of carbonyl (C=O) groups is 2. The van der Waals surface area contributed by atoms with Crippen molar-refractivity contribution < 1.29 is 23.2 Å². The molecule has 5 atom stereocenters. The highest BCUT2D eigenvalue weighted by Crippen LogP contribution is 2.31. The predicted octanol–water partition coefficient (Wildman–Crippen LogP) is 6.70. The Bertz CT molecular complexity index is 735. The monoisotopic (exact) mass is 494 g/mol. The molecular weight excluding hydrogens is 448 g/mol. The molecule has 33 heavy (non-hydrogen) atoms. The zero-order valence-corrected chi connectivity index (χ0v) is 24.4. The average molecular weight is 495 g/mol. The molecule has 5 nitrogen and oxygen atoms in total. The van der Waals surface area contributed by atoms with Crippen molar-refractivity contribution in [1.29, 1.82) is 0 Å². The van der Waals surface area contributed by atoms with Gasteiger partial charge < -0.3 is 13.6 Å². The molecule has 0 aliphatic heterocycles. The molecule has 0 fully saturated rings. The first kappa shape index (κ1) is 29.7. The van der Waals surface area contributed by atoms with Crippen molar-refractivity contribution in [2.24, 2.45) is 11.8 Å². The van der Waals surface area contributed by atoms with Gasteiger partial charge in [-0.2, -0.15) is 0 Å². The molecule has 0 amide bonds. The van der Waals surface area contributed by atoms with E-state index >= 15 is 0 Å². The van der Waals surface area contributed by atoms with Gasteiger partial charge in [0.05, 0.1) is 11.7 Å². The van der Waals surface area contributed by atoms with Crippen LogP contribution in [-0.2, 0) is 18.4 Å². The zero-order valence-electron chi connectivity index (χ0n) is 22.4. The van der Waals surface area contributed by atoms with Crippen LogP contribution in [0.4, 0.5) is 0 Å². The van der Waals surface area contributed by atoms with Crippen LogP contribution in [0, 0.1) is 11.8 Å². The number of Topliss-reactive ketones (excluding diaryl/α,β-unsaturated/α-hetero) is 1. The summed E-state index contributed by atoms with van der Waals surface area (Å²) in [6.45, 7) is 20.9. The van der Waals surface area contributed by atoms with Crippen molar-refractivity contribution in [3.63, 3.8) is 0 Å². The summed E-state index contributed by atoms with van der Waals surface area (Å²) in [6, 6.07) is 12.0. The summed E-state index contributed by atoms with van der Waals surface area (Å²) in [4.78, 5) is 25.8. The SMILES string of the molecule is CC[Si](CC)(CC)O[C@H](C)[C@H](C)[C@@H](O[Si](C)(C)C)[C@@H](C)C(=O)[C@H](C)OC(=O)c1ccccc1. The second-order valence-electron chi connectivity index (χ2n) is 10.2. The molecular formula is C26H46O5Si2. The Balaban J connectivity index is 3.04. The van der Waals surface area contributed by atoms with Crippen molar-refractivity contribution in [2.45, 2.75) is 105 Å². The number of rotatable bonds is 14. The molecule has 0 saturated carbocycles. The highest BCUT2D eigenvalue weighted by atomic mass is 28.4. The fourth-order valence-electron chi connectivity index (χ4n) is 4.23. The fourth-order valence-corrected chi connectivity index (χ4v) is 8.47. The average Bonchev–Trinajstić information content (AvgIpc) is 2.79. The Morgan fingerprint density at radius 1 is 0.848 bits per heavy atom. The van der Waals surface area contributed by atoms with Crippen molar-refractivity contribution in [2.75, 3.05) is 0 Å². The van der Waals surface area contributed by atoms with Crippen LogP contribution in [0.1, 0.15) is 58.8 Å². The van der Waals surface area contributed by atoms with E-state index in [2.05, 4.69) is 54.3 Å². The zero-order chi connectivity index (χ0) is 25.4. The summed E-state index contributed by atoms with van der Waals surface area (Å²) in [7, 11) is -3.73. The Labute approximate surface area is 203 Å². The van der Waals surface area contributed by atoms with Crippen molar-refractivity contribution in [3.8, 4) is 0 Å². The van der Waals surface area contributed by atoms with E-state index < -0.39 is 34.6 Å².